The van der Waals surface area contributed by atoms with Crippen LogP contribution in [-0.4, -0.2) is 6.54 Å². The molecule has 0 radical (unpaired) electrons. The molecule has 1 nitrogen and oxygen atoms in total. The van der Waals surface area contributed by atoms with Gasteiger partial charge in [-0.05, 0) is 30.5 Å². The summed E-state index contributed by atoms with van der Waals surface area (Å²) in [7, 11) is 0. The maximum Gasteiger partial charge on any atom is 0.124 e. The second kappa shape index (κ2) is 3.95. The van der Waals surface area contributed by atoms with Crippen LogP contribution in [0, 0.1) is 5.82 Å². The van der Waals surface area contributed by atoms with E-state index < -0.39 is 0 Å². The van der Waals surface area contributed by atoms with E-state index in [1.807, 2.05) is 0 Å². The average Bonchev–Trinajstić information content (AvgIpc) is 2.67. The first-order chi connectivity index (χ1) is 7.18. The minimum Gasteiger partial charge on any atom is -0.330 e. The van der Waals surface area contributed by atoms with Crippen molar-refractivity contribution in [2.45, 2.75) is 18.3 Å². The van der Waals surface area contributed by atoms with E-state index in [0.717, 1.165) is 18.4 Å². The van der Waals surface area contributed by atoms with Crippen molar-refractivity contribution in [3.63, 3.8) is 0 Å². The fraction of sp³-hybridized carbons (Fsp3) is 0.333. The lowest BCUT2D eigenvalue weighted by atomic mass is 9.78. The van der Waals surface area contributed by atoms with Crippen LogP contribution in [0.15, 0.2) is 30.4 Å². The molecule has 0 amide bonds. The van der Waals surface area contributed by atoms with E-state index in [-0.39, 0.29) is 11.2 Å². The summed E-state index contributed by atoms with van der Waals surface area (Å²) in [6.07, 6.45) is 5.97. The quantitative estimate of drug-likeness (QED) is 0.770. The number of hydrogen-bond donors (Lipinski definition) is 1. The topological polar surface area (TPSA) is 26.0 Å². The molecule has 15 heavy (non-hydrogen) atoms. The number of halogens is 2. The molecule has 2 rings (SSSR count). The minimum atomic E-state index is -0.304. The molecular weight excluding hydrogens is 213 g/mol. The van der Waals surface area contributed by atoms with Crippen LogP contribution >= 0.6 is 11.6 Å². The third kappa shape index (κ3) is 1.80. The zero-order valence-corrected chi connectivity index (χ0v) is 9.10. The van der Waals surface area contributed by atoms with Gasteiger partial charge in [0, 0.05) is 17.0 Å². The van der Waals surface area contributed by atoms with Gasteiger partial charge in [-0.25, -0.2) is 4.39 Å². The summed E-state index contributed by atoms with van der Waals surface area (Å²) in [5, 5.41) is 0.476. The number of allylic oxidation sites excluding steroid dienone is 2. The van der Waals surface area contributed by atoms with Gasteiger partial charge >= 0.3 is 0 Å². The van der Waals surface area contributed by atoms with Crippen molar-refractivity contribution in [2.75, 3.05) is 6.54 Å². The van der Waals surface area contributed by atoms with Crippen LogP contribution in [0.1, 0.15) is 18.4 Å². The Morgan fingerprint density at radius 3 is 2.53 bits per heavy atom. The fourth-order valence-corrected chi connectivity index (χ4v) is 2.48. The second-order valence-corrected chi connectivity index (χ2v) is 4.40. The van der Waals surface area contributed by atoms with Gasteiger partial charge in [0.15, 0.2) is 0 Å². The van der Waals surface area contributed by atoms with Gasteiger partial charge in [0.05, 0.1) is 0 Å². The Kier molecular flexibility index (Phi) is 2.81. The number of nitrogens with two attached hydrogens (primary N) is 1. The van der Waals surface area contributed by atoms with E-state index in [4.69, 9.17) is 17.3 Å². The van der Waals surface area contributed by atoms with E-state index in [9.17, 15) is 4.39 Å². The lowest BCUT2D eigenvalue weighted by molar-refractivity contribution is 0.469. The minimum absolute atomic E-state index is 0.120. The van der Waals surface area contributed by atoms with Crippen LogP contribution in [-0.2, 0) is 5.41 Å². The van der Waals surface area contributed by atoms with Crippen LogP contribution in [0.4, 0.5) is 4.39 Å². The maximum atomic E-state index is 12.9. The molecule has 1 aliphatic carbocycles. The predicted octanol–water partition coefficient (Wildman–Crippen LogP) is 3.03. The molecule has 3 heteroatoms. The molecule has 1 aromatic carbocycles. The lowest BCUT2D eigenvalue weighted by Gasteiger charge is -2.28. The molecule has 0 saturated heterocycles. The van der Waals surface area contributed by atoms with Crippen LogP contribution < -0.4 is 5.73 Å². The SMILES string of the molecule is NCC1(c2ccc(F)cc2Cl)CC=CC1. The Morgan fingerprint density at radius 1 is 1.33 bits per heavy atom. The van der Waals surface area contributed by atoms with Crippen molar-refractivity contribution in [1.29, 1.82) is 0 Å². The van der Waals surface area contributed by atoms with E-state index in [0.29, 0.717) is 11.6 Å². The molecule has 0 spiro atoms. The summed E-state index contributed by atoms with van der Waals surface area (Å²) in [6.45, 7) is 0.533. The van der Waals surface area contributed by atoms with Gasteiger partial charge < -0.3 is 5.73 Å². The molecule has 0 aliphatic heterocycles. The van der Waals surface area contributed by atoms with Crippen LogP contribution in [0.2, 0.25) is 5.02 Å². The zero-order valence-electron chi connectivity index (χ0n) is 8.34. The first-order valence-corrected chi connectivity index (χ1v) is 5.36. The third-order valence-electron chi connectivity index (χ3n) is 3.08. The maximum absolute atomic E-state index is 12.9. The Hall–Kier alpha value is -0.860. The van der Waals surface area contributed by atoms with Gasteiger partial charge in [-0.15, -0.1) is 0 Å². The van der Waals surface area contributed by atoms with Crippen LogP contribution in [0.5, 0.6) is 0 Å². The molecule has 2 N–H and O–H groups in total. The molecule has 0 fully saturated rings. The summed E-state index contributed by atoms with van der Waals surface area (Å²) >= 11 is 6.05. The third-order valence-corrected chi connectivity index (χ3v) is 3.39. The van der Waals surface area contributed by atoms with Crippen molar-refractivity contribution in [3.8, 4) is 0 Å². The molecule has 0 atom stereocenters. The van der Waals surface area contributed by atoms with Gasteiger partial charge in [-0.1, -0.05) is 29.8 Å². The molecular formula is C12H13ClFN. The molecule has 0 saturated carbocycles. The van der Waals surface area contributed by atoms with Gasteiger partial charge in [-0.3, -0.25) is 0 Å². The number of hydrogen-bond acceptors (Lipinski definition) is 1. The van der Waals surface area contributed by atoms with E-state index in [1.54, 1.807) is 6.07 Å². The monoisotopic (exact) mass is 225 g/mol. The number of rotatable bonds is 2. The molecule has 0 aromatic heterocycles. The fourth-order valence-electron chi connectivity index (χ4n) is 2.12. The van der Waals surface area contributed by atoms with Crippen molar-refractivity contribution in [3.05, 3.63) is 46.8 Å². The average molecular weight is 226 g/mol. The van der Waals surface area contributed by atoms with E-state index >= 15 is 0 Å². The van der Waals surface area contributed by atoms with Crippen LogP contribution in [0.25, 0.3) is 0 Å². The van der Waals surface area contributed by atoms with Gasteiger partial charge in [0.2, 0.25) is 0 Å². The standard InChI is InChI=1S/C12H13ClFN/c13-11-7-9(14)3-4-10(11)12(8-15)5-1-2-6-12/h1-4,7H,5-6,8,15H2. The highest BCUT2D eigenvalue weighted by Gasteiger charge is 2.33. The molecule has 0 heterocycles. The summed E-state index contributed by atoms with van der Waals surface area (Å²) in [5.74, 6) is -0.304. The summed E-state index contributed by atoms with van der Waals surface area (Å²) in [4.78, 5) is 0. The lowest BCUT2D eigenvalue weighted by Crippen LogP contribution is -2.32. The highest BCUT2D eigenvalue weighted by molar-refractivity contribution is 6.31. The van der Waals surface area contributed by atoms with Gasteiger partial charge in [-0.2, -0.15) is 0 Å². The van der Waals surface area contributed by atoms with E-state index in [2.05, 4.69) is 12.2 Å². The van der Waals surface area contributed by atoms with Crippen molar-refractivity contribution in [1.82, 2.24) is 0 Å². The highest BCUT2D eigenvalue weighted by Crippen LogP contribution is 2.39. The summed E-state index contributed by atoms with van der Waals surface area (Å²) in [5.41, 5.74) is 6.65. The summed E-state index contributed by atoms with van der Waals surface area (Å²) in [6, 6.07) is 4.54. The zero-order chi connectivity index (χ0) is 10.9. The second-order valence-electron chi connectivity index (χ2n) is 3.99. The van der Waals surface area contributed by atoms with Gasteiger partial charge in [0.1, 0.15) is 5.82 Å². The number of benzene rings is 1. The van der Waals surface area contributed by atoms with Crippen LogP contribution in [0.3, 0.4) is 0 Å². The highest BCUT2D eigenvalue weighted by atomic mass is 35.5. The van der Waals surface area contributed by atoms with Crippen molar-refractivity contribution in [2.24, 2.45) is 5.73 Å². The molecule has 1 aliphatic rings. The smallest absolute Gasteiger partial charge is 0.124 e. The molecule has 0 unspecified atom stereocenters. The molecule has 1 aromatic rings. The summed E-state index contributed by atoms with van der Waals surface area (Å²) < 4.78 is 12.9. The Bertz CT molecular complexity index is 393. The largest absolute Gasteiger partial charge is 0.330 e. The molecule has 0 bridgehead atoms. The molecule has 80 valence electrons. The Morgan fingerprint density at radius 2 is 2.00 bits per heavy atom. The first-order valence-electron chi connectivity index (χ1n) is 4.98. The van der Waals surface area contributed by atoms with Crippen molar-refractivity contribution < 1.29 is 4.39 Å². The Labute approximate surface area is 93.7 Å². The predicted molar refractivity (Wildman–Crippen MR) is 60.5 cm³/mol. The normalized spacial score (nSPS) is 18.3. The Balaban J connectivity index is 2.43. The van der Waals surface area contributed by atoms with Crippen molar-refractivity contribution >= 4 is 11.6 Å². The van der Waals surface area contributed by atoms with Gasteiger partial charge in [0.25, 0.3) is 0 Å². The van der Waals surface area contributed by atoms with E-state index in [1.165, 1.54) is 12.1 Å². The first kappa shape index (κ1) is 10.7.